The lowest BCUT2D eigenvalue weighted by Crippen LogP contribution is -2.67. The fraction of sp³-hybridized carbons (Fsp3) is 0.556. The maximum absolute atomic E-state index is 14.0. The fourth-order valence-electron chi connectivity index (χ4n) is 7.39. The van der Waals surface area contributed by atoms with E-state index in [1.54, 1.807) is 12.1 Å². The summed E-state index contributed by atoms with van der Waals surface area (Å²) in [5, 5.41) is 10.7. The summed E-state index contributed by atoms with van der Waals surface area (Å²) in [5.41, 5.74) is 3.20. The Hall–Kier alpha value is -2.76. The SMILES string of the molecule is CC1(C)[C@H]2Cc3c(O)cccc3[C@]1(C)CCN2C(=O)N1CC2C[C@@H](C1)Cn1c2cccc1=O. The van der Waals surface area contributed by atoms with Gasteiger partial charge >= 0.3 is 6.03 Å². The molecule has 3 aliphatic heterocycles. The highest BCUT2D eigenvalue weighted by Gasteiger charge is 2.58. The van der Waals surface area contributed by atoms with Crippen LogP contribution in [0.4, 0.5) is 4.79 Å². The first-order chi connectivity index (χ1) is 15.7. The normalized spacial score (nSPS) is 31.5. The Balaban J connectivity index is 1.32. The molecule has 1 aromatic carbocycles. The van der Waals surface area contributed by atoms with Crippen LogP contribution in [-0.4, -0.2) is 51.2 Å². The minimum atomic E-state index is -0.104. The second-order valence-corrected chi connectivity index (χ2v) is 11.4. The number of phenolic OH excluding ortho intramolecular Hbond substituents is 1. The molecule has 2 saturated heterocycles. The van der Waals surface area contributed by atoms with Gasteiger partial charge in [-0.2, -0.15) is 0 Å². The molecule has 2 amide bonds. The molecule has 2 aromatic rings. The van der Waals surface area contributed by atoms with Crippen LogP contribution in [0.5, 0.6) is 5.75 Å². The van der Waals surface area contributed by atoms with Gasteiger partial charge in [0.25, 0.3) is 5.56 Å². The zero-order valence-electron chi connectivity index (χ0n) is 19.8. The zero-order valence-corrected chi connectivity index (χ0v) is 19.8. The summed E-state index contributed by atoms with van der Waals surface area (Å²) in [4.78, 5) is 30.5. The predicted octanol–water partition coefficient (Wildman–Crippen LogP) is 3.71. The molecule has 6 rings (SSSR count). The monoisotopic (exact) mass is 447 g/mol. The van der Waals surface area contributed by atoms with Crippen LogP contribution < -0.4 is 5.56 Å². The molecule has 0 spiro atoms. The number of carbonyl (C=O) groups excluding carboxylic acids is 1. The number of hydrogen-bond acceptors (Lipinski definition) is 3. The van der Waals surface area contributed by atoms with Crippen molar-refractivity contribution in [2.75, 3.05) is 19.6 Å². The fourth-order valence-corrected chi connectivity index (χ4v) is 7.39. The van der Waals surface area contributed by atoms with E-state index >= 15 is 0 Å². The van der Waals surface area contributed by atoms with Gasteiger partial charge in [0, 0.05) is 55.3 Å². The van der Waals surface area contributed by atoms with Crippen LogP contribution in [0.2, 0.25) is 0 Å². The van der Waals surface area contributed by atoms with Crippen LogP contribution in [0.1, 0.15) is 56.4 Å². The number of amides is 2. The molecule has 4 atom stereocenters. The summed E-state index contributed by atoms with van der Waals surface area (Å²) in [6, 6.07) is 11.6. The van der Waals surface area contributed by atoms with Gasteiger partial charge in [-0.05, 0) is 53.9 Å². The van der Waals surface area contributed by atoms with E-state index in [4.69, 9.17) is 0 Å². The Morgan fingerprint density at radius 2 is 1.85 bits per heavy atom. The molecule has 1 unspecified atom stereocenters. The van der Waals surface area contributed by atoms with Gasteiger partial charge in [-0.3, -0.25) is 4.79 Å². The quantitative estimate of drug-likeness (QED) is 0.670. The summed E-state index contributed by atoms with van der Waals surface area (Å²) < 4.78 is 1.91. The molecule has 4 bridgehead atoms. The molecule has 6 nitrogen and oxygen atoms in total. The van der Waals surface area contributed by atoms with Crippen LogP contribution in [0.25, 0.3) is 0 Å². The molecule has 174 valence electrons. The van der Waals surface area contributed by atoms with Crippen LogP contribution in [0.3, 0.4) is 0 Å². The lowest BCUT2D eigenvalue weighted by atomic mass is 9.51. The average Bonchev–Trinajstić information content (AvgIpc) is 2.77. The average molecular weight is 448 g/mol. The second-order valence-electron chi connectivity index (χ2n) is 11.4. The van der Waals surface area contributed by atoms with Gasteiger partial charge in [-0.1, -0.05) is 39.0 Å². The zero-order chi connectivity index (χ0) is 23.1. The van der Waals surface area contributed by atoms with E-state index in [2.05, 4.69) is 31.7 Å². The van der Waals surface area contributed by atoms with E-state index in [0.29, 0.717) is 37.7 Å². The van der Waals surface area contributed by atoms with Crippen molar-refractivity contribution in [1.29, 1.82) is 0 Å². The minimum absolute atomic E-state index is 0.0428. The third-order valence-corrected chi connectivity index (χ3v) is 9.62. The molecule has 2 fully saturated rings. The van der Waals surface area contributed by atoms with Crippen LogP contribution in [-0.2, 0) is 18.4 Å². The van der Waals surface area contributed by atoms with Gasteiger partial charge < -0.3 is 19.5 Å². The van der Waals surface area contributed by atoms with Crippen LogP contribution in [0.15, 0.2) is 41.2 Å². The predicted molar refractivity (Wildman–Crippen MR) is 127 cm³/mol. The van der Waals surface area contributed by atoms with Gasteiger partial charge in [0.15, 0.2) is 0 Å². The van der Waals surface area contributed by atoms with Crippen molar-refractivity contribution >= 4 is 6.03 Å². The molecule has 0 radical (unpaired) electrons. The largest absolute Gasteiger partial charge is 0.508 e. The van der Waals surface area contributed by atoms with Crippen molar-refractivity contribution in [3.05, 3.63) is 63.6 Å². The van der Waals surface area contributed by atoms with Crippen molar-refractivity contribution in [3.63, 3.8) is 0 Å². The molecule has 1 aliphatic carbocycles. The first-order valence-electron chi connectivity index (χ1n) is 12.3. The van der Waals surface area contributed by atoms with Gasteiger partial charge in [0.1, 0.15) is 5.75 Å². The molecular weight excluding hydrogens is 414 g/mol. The number of pyridine rings is 1. The highest BCUT2D eigenvalue weighted by Crippen LogP contribution is 2.57. The number of benzene rings is 1. The van der Waals surface area contributed by atoms with E-state index in [9.17, 15) is 14.7 Å². The molecule has 33 heavy (non-hydrogen) atoms. The van der Waals surface area contributed by atoms with Crippen molar-refractivity contribution in [1.82, 2.24) is 14.4 Å². The number of urea groups is 1. The van der Waals surface area contributed by atoms with Crippen molar-refractivity contribution in [2.24, 2.45) is 11.3 Å². The number of phenols is 1. The lowest BCUT2D eigenvalue weighted by Gasteiger charge is -2.61. The van der Waals surface area contributed by atoms with E-state index in [1.807, 2.05) is 27.7 Å². The number of fused-ring (bicyclic) bond motifs is 8. The molecular formula is C27H33N3O3. The standard InChI is InChI=1S/C27H33N3O3/c1-26(2)23-13-19-20(6-4-8-22(19)31)27(26,3)10-11-29(23)25(33)28-14-17-12-18(16-28)21-7-5-9-24(32)30(21)15-17/h4-9,17-18,23,31H,10-16H2,1-3H3/t17-,18?,23+,27-/m0/s1. The smallest absolute Gasteiger partial charge is 0.320 e. The summed E-state index contributed by atoms with van der Waals surface area (Å²) in [6.07, 6.45) is 2.62. The Kier molecular flexibility index (Phi) is 4.34. The third-order valence-electron chi connectivity index (χ3n) is 9.62. The van der Waals surface area contributed by atoms with Crippen molar-refractivity contribution < 1.29 is 9.90 Å². The molecule has 4 aliphatic rings. The lowest BCUT2D eigenvalue weighted by molar-refractivity contribution is -0.0275. The number of hydrogen-bond donors (Lipinski definition) is 1. The number of piperidine rings is 2. The Labute approximate surface area is 194 Å². The Morgan fingerprint density at radius 1 is 1.06 bits per heavy atom. The maximum atomic E-state index is 14.0. The maximum Gasteiger partial charge on any atom is 0.320 e. The first-order valence-corrected chi connectivity index (χ1v) is 12.3. The van der Waals surface area contributed by atoms with Gasteiger partial charge in [0.05, 0.1) is 0 Å². The molecule has 4 heterocycles. The molecule has 6 heteroatoms. The van der Waals surface area contributed by atoms with Crippen molar-refractivity contribution in [2.45, 2.75) is 64.0 Å². The second kappa shape index (κ2) is 6.87. The summed E-state index contributed by atoms with van der Waals surface area (Å²) in [7, 11) is 0. The van der Waals surface area contributed by atoms with Crippen LogP contribution in [0, 0.1) is 11.3 Å². The molecule has 0 saturated carbocycles. The van der Waals surface area contributed by atoms with E-state index in [0.717, 1.165) is 30.6 Å². The number of likely N-dealkylation sites (tertiary alicyclic amines) is 2. The summed E-state index contributed by atoms with van der Waals surface area (Å²) in [5.74, 6) is 0.886. The van der Waals surface area contributed by atoms with Gasteiger partial charge in [-0.25, -0.2) is 4.79 Å². The van der Waals surface area contributed by atoms with E-state index in [1.165, 1.54) is 5.56 Å². The highest BCUT2D eigenvalue weighted by molar-refractivity contribution is 5.76. The van der Waals surface area contributed by atoms with Gasteiger partial charge in [-0.15, -0.1) is 0 Å². The number of carbonyl (C=O) groups is 1. The number of rotatable bonds is 0. The van der Waals surface area contributed by atoms with E-state index in [-0.39, 0.29) is 34.4 Å². The van der Waals surface area contributed by atoms with Gasteiger partial charge in [0.2, 0.25) is 0 Å². The minimum Gasteiger partial charge on any atom is -0.508 e. The molecule has 1 aromatic heterocycles. The highest BCUT2D eigenvalue weighted by atomic mass is 16.3. The topological polar surface area (TPSA) is 65.8 Å². The number of aromatic nitrogens is 1. The Bertz CT molecular complexity index is 1200. The number of nitrogens with zero attached hydrogens (tertiary/aromatic N) is 3. The Morgan fingerprint density at radius 3 is 2.67 bits per heavy atom. The third kappa shape index (κ3) is 2.79. The van der Waals surface area contributed by atoms with Crippen LogP contribution >= 0.6 is 0 Å². The number of aromatic hydroxyl groups is 1. The van der Waals surface area contributed by atoms with E-state index < -0.39 is 0 Å². The molecule has 1 N–H and O–H groups in total. The first kappa shape index (κ1) is 20.8. The van der Waals surface area contributed by atoms with Crippen molar-refractivity contribution in [3.8, 4) is 5.75 Å². The summed E-state index contributed by atoms with van der Waals surface area (Å²) in [6.45, 7) is 9.69. The summed E-state index contributed by atoms with van der Waals surface area (Å²) >= 11 is 0.